The van der Waals surface area contributed by atoms with Crippen molar-refractivity contribution in [3.05, 3.63) is 47.3 Å². The number of amides is 1. The van der Waals surface area contributed by atoms with Gasteiger partial charge in [-0.1, -0.05) is 61.4 Å². The van der Waals surface area contributed by atoms with E-state index in [-0.39, 0.29) is 18.3 Å². The molecule has 3 N–H and O–H groups in total. The predicted molar refractivity (Wildman–Crippen MR) is 136 cm³/mol. The van der Waals surface area contributed by atoms with Crippen LogP contribution in [0, 0.1) is 6.92 Å². The van der Waals surface area contributed by atoms with Crippen molar-refractivity contribution in [1.82, 2.24) is 14.9 Å². The molecule has 1 saturated carbocycles. The minimum absolute atomic E-state index is 0.0971. The molecule has 1 aliphatic carbocycles. The Hall–Kier alpha value is -2.85. The Kier molecular flexibility index (Phi) is 7.89. The molecule has 1 aromatic carbocycles. The fraction of sp³-hybridized carbons (Fsp3) is 0.417. The maximum absolute atomic E-state index is 12.8. The highest BCUT2D eigenvalue weighted by molar-refractivity contribution is 7.99. The molecule has 1 amide bonds. The van der Waals surface area contributed by atoms with Crippen molar-refractivity contribution in [2.24, 2.45) is 0 Å². The summed E-state index contributed by atoms with van der Waals surface area (Å²) in [5, 5.41) is 12.4. The van der Waals surface area contributed by atoms with E-state index in [1.807, 2.05) is 37.3 Å². The fourth-order valence-corrected chi connectivity index (χ4v) is 6.11. The van der Waals surface area contributed by atoms with Gasteiger partial charge in [0, 0.05) is 10.8 Å². The van der Waals surface area contributed by atoms with Crippen LogP contribution in [0.4, 0.5) is 5.00 Å². The van der Waals surface area contributed by atoms with E-state index in [0.717, 1.165) is 34.7 Å². The summed E-state index contributed by atoms with van der Waals surface area (Å²) >= 11 is 2.60. The summed E-state index contributed by atoms with van der Waals surface area (Å²) in [5.41, 5.74) is 2.17. The van der Waals surface area contributed by atoms with Crippen LogP contribution in [0.1, 0.15) is 66.7 Å². The number of nitrogens with zero attached hydrogens (tertiary/aromatic N) is 3. The summed E-state index contributed by atoms with van der Waals surface area (Å²) in [6, 6.07) is 9.78. The van der Waals surface area contributed by atoms with E-state index in [4.69, 9.17) is 10.6 Å². The van der Waals surface area contributed by atoms with Crippen molar-refractivity contribution in [3.63, 3.8) is 0 Å². The topological polar surface area (TPSA) is 112 Å². The van der Waals surface area contributed by atoms with Crippen molar-refractivity contribution in [2.75, 3.05) is 23.5 Å². The maximum Gasteiger partial charge on any atom is 0.341 e. The van der Waals surface area contributed by atoms with Crippen LogP contribution in [0.15, 0.2) is 35.5 Å². The van der Waals surface area contributed by atoms with E-state index < -0.39 is 5.97 Å². The molecule has 0 aliphatic heterocycles. The number of carbonyl (C=O) groups excluding carboxylic acids is 2. The van der Waals surface area contributed by atoms with Crippen LogP contribution in [0.5, 0.6) is 0 Å². The molecule has 4 rings (SSSR count). The van der Waals surface area contributed by atoms with Crippen LogP contribution in [0.25, 0.3) is 10.4 Å². The van der Waals surface area contributed by atoms with Crippen molar-refractivity contribution < 1.29 is 14.3 Å². The lowest BCUT2D eigenvalue weighted by molar-refractivity contribution is -0.113. The first-order valence-electron chi connectivity index (χ1n) is 11.5. The second kappa shape index (κ2) is 11.1. The van der Waals surface area contributed by atoms with E-state index in [1.54, 1.807) is 6.92 Å². The smallest absolute Gasteiger partial charge is 0.341 e. The number of nitrogen functional groups attached to an aromatic ring is 1. The third kappa shape index (κ3) is 5.28. The lowest BCUT2D eigenvalue weighted by Crippen LogP contribution is -2.20. The molecule has 0 spiro atoms. The van der Waals surface area contributed by atoms with Gasteiger partial charge in [0.15, 0.2) is 5.82 Å². The van der Waals surface area contributed by atoms with Gasteiger partial charge in [-0.05, 0) is 37.8 Å². The summed E-state index contributed by atoms with van der Waals surface area (Å²) in [6.45, 7) is 3.89. The minimum atomic E-state index is -0.444. The number of aromatic nitrogens is 3. The van der Waals surface area contributed by atoms with E-state index in [0.29, 0.717) is 21.6 Å². The molecule has 0 saturated heterocycles. The number of thioether (sulfide) groups is 1. The number of hydrogen-bond acceptors (Lipinski definition) is 8. The van der Waals surface area contributed by atoms with E-state index in [1.165, 1.54) is 47.0 Å². The van der Waals surface area contributed by atoms with Gasteiger partial charge in [0.2, 0.25) is 11.1 Å². The quantitative estimate of drug-likeness (QED) is 0.255. The number of nitrogens with one attached hydrogen (secondary N) is 1. The Balaban J connectivity index is 1.48. The molecular weight excluding hydrogens is 470 g/mol. The molecule has 1 aliphatic rings. The molecule has 0 bridgehead atoms. The zero-order chi connectivity index (χ0) is 24.1. The van der Waals surface area contributed by atoms with Gasteiger partial charge in [0.1, 0.15) is 5.00 Å². The van der Waals surface area contributed by atoms with Gasteiger partial charge in [-0.2, -0.15) is 0 Å². The summed E-state index contributed by atoms with van der Waals surface area (Å²) in [7, 11) is 0. The highest BCUT2D eigenvalue weighted by Crippen LogP contribution is 2.40. The lowest BCUT2D eigenvalue weighted by Gasteiger charge is -2.20. The van der Waals surface area contributed by atoms with Gasteiger partial charge in [0.05, 0.1) is 17.9 Å². The number of benzene rings is 1. The van der Waals surface area contributed by atoms with Crippen molar-refractivity contribution in [3.8, 4) is 10.4 Å². The molecule has 1 fully saturated rings. The first kappa shape index (κ1) is 24.3. The van der Waals surface area contributed by atoms with Crippen LogP contribution >= 0.6 is 23.1 Å². The standard InChI is InChI=1S/C24H29N5O3S2/c1-3-32-23(31)19-15(2)20(16-10-6-4-7-11-16)34-22(19)26-18(30)14-33-24-28-27-21(29(24)25)17-12-8-5-9-13-17/h4,6-7,10-11,17H,3,5,8-9,12-14,25H2,1-2H3,(H,26,30). The molecule has 10 heteroatoms. The molecule has 34 heavy (non-hydrogen) atoms. The number of rotatable bonds is 8. The molecule has 180 valence electrons. The second-order valence-corrected chi connectivity index (χ2v) is 10.2. The van der Waals surface area contributed by atoms with Crippen molar-refractivity contribution in [2.45, 2.75) is 57.0 Å². The number of ether oxygens (including phenoxy) is 1. The normalized spacial score (nSPS) is 14.2. The molecule has 0 atom stereocenters. The number of nitrogens with two attached hydrogens (primary N) is 1. The Labute approximate surface area is 207 Å². The highest BCUT2D eigenvalue weighted by Gasteiger charge is 2.25. The maximum atomic E-state index is 12.8. The molecular formula is C24H29N5O3S2. The van der Waals surface area contributed by atoms with Gasteiger partial charge in [-0.3, -0.25) is 4.79 Å². The average Bonchev–Trinajstić information content (AvgIpc) is 3.38. The van der Waals surface area contributed by atoms with Gasteiger partial charge < -0.3 is 15.9 Å². The van der Waals surface area contributed by atoms with Gasteiger partial charge in [-0.25, -0.2) is 9.47 Å². The molecule has 8 nitrogen and oxygen atoms in total. The first-order chi connectivity index (χ1) is 16.5. The molecule has 3 aromatic rings. The van der Waals surface area contributed by atoms with Crippen LogP contribution in [-0.2, 0) is 9.53 Å². The van der Waals surface area contributed by atoms with E-state index in [9.17, 15) is 9.59 Å². The van der Waals surface area contributed by atoms with Crippen LogP contribution in [0.3, 0.4) is 0 Å². The number of anilines is 1. The largest absolute Gasteiger partial charge is 0.462 e. The first-order valence-corrected chi connectivity index (χ1v) is 13.3. The molecule has 2 heterocycles. The Morgan fingerprint density at radius 3 is 2.65 bits per heavy atom. The number of carbonyl (C=O) groups is 2. The summed E-state index contributed by atoms with van der Waals surface area (Å²) < 4.78 is 6.77. The average molecular weight is 500 g/mol. The Morgan fingerprint density at radius 1 is 1.21 bits per heavy atom. The number of thiophene rings is 1. The Morgan fingerprint density at radius 2 is 1.94 bits per heavy atom. The SMILES string of the molecule is CCOC(=O)c1c(NC(=O)CSc2nnc(C3CCCCC3)n2N)sc(-c2ccccc2)c1C. The zero-order valence-corrected chi connectivity index (χ0v) is 21.0. The number of hydrogen-bond donors (Lipinski definition) is 2. The van der Waals surface area contributed by atoms with Crippen LogP contribution in [-0.4, -0.2) is 39.1 Å². The van der Waals surface area contributed by atoms with Crippen LogP contribution in [0.2, 0.25) is 0 Å². The van der Waals surface area contributed by atoms with E-state index in [2.05, 4.69) is 15.5 Å². The predicted octanol–water partition coefficient (Wildman–Crippen LogP) is 4.98. The van der Waals surface area contributed by atoms with Gasteiger partial charge in [-0.15, -0.1) is 21.5 Å². The van der Waals surface area contributed by atoms with Crippen LogP contribution < -0.4 is 11.2 Å². The molecule has 2 aromatic heterocycles. The molecule has 0 radical (unpaired) electrons. The third-order valence-corrected chi connectivity index (χ3v) is 8.11. The summed E-state index contributed by atoms with van der Waals surface area (Å²) in [4.78, 5) is 26.4. The molecule has 0 unspecified atom stereocenters. The number of esters is 1. The highest BCUT2D eigenvalue weighted by atomic mass is 32.2. The summed E-state index contributed by atoms with van der Waals surface area (Å²) in [6.07, 6.45) is 5.74. The van der Waals surface area contributed by atoms with Gasteiger partial charge >= 0.3 is 5.97 Å². The third-order valence-electron chi connectivity index (χ3n) is 5.91. The van der Waals surface area contributed by atoms with Gasteiger partial charge in [0.25, 0.3) is 0 Å². The van der Waals surface area contributed by atoms with Crippen molar-refractivity contribution >= 4 is 40.0 Å². The zero-order valence-electron chi connectivity index (χ0n) is 19.4. The monoisotopic (exact) mass is 499 g/mol. The fourth-order valence-electron chi connectivity index (χ4n) is 4.23. The van der Waals surface area contributed by atoms with E-state index >= 15 is 0 Å². The summed E-state index contributed by atoms with van der Waals surface area (Å²) in [5.74, 6) is 6.75. The second-order valence-electron chi connectivity index (χ2n) is 8.23. The van der Waals surface area contributed by atoms with Crippen molar-refractivity contribution in [1.29, 1.82) is 0 Å². The Bertz CT molecular complexity index is 1150. The lowest BCUT2D eigenvalue weighted by atomic mass is 9.89. The minimum Gasteiger partial charge on any atom is -0.462 e.